The van der Waals surface area contributed by atoms with E-state index in [2.05, 4.69) is 9.44 Å². The molecule has 2 saturated carbocycles. The molecule has 0 radical (unpaired) electrons. The first-order valence-corrected chi connectivity index (χ1v) is 7.06. The third-order valence-corrected chi connectivity index (χ3v) is 4.23. The molecule has 2 atom stereocenters. The summed E-state index contributed by atoms with van der Waals surface area (Å²) in [6, 6.07) is 0.434. The van der Waals surface area contributed by atoms with E-state index in [1.165, 1.54) is 0 Å². The Kier molecular flexibility index (Phi) is 3.30. The quantitative estimate of drug-likeness (QED) is 0.609. The number of nitrogens with two attached hydrogens (primary N) is 1. The third-order valence-electron chi connectivity index (χ3n) is 3.04. The van der Waals surface area contributed by atoms with Crippen LogP contribution in [0.15, 0.2) is 0 Å². The second kappa shape index (κ2) is 4.37. The van der Waals surface area contributed by atoms with Gasteiger partial charge in [0.2, 0.25) is 0 Å². The monoisotopic (exact) mass is 233 g/mol. The first-order valence-electron chi connectivity index (χ1n) is 5.57. The van der Waals surface area contributed by atoms with Crippen molar-refractivity contribution in [3.8, 4) is 0 Å². The lowest BCUT2D eigenvalue weighted by atomic mass is 10.1. The maximum absolute atomic E-state index is 11.5. The van der Waals surface area contributed by atoms with Crippen molar-refractivity contribution < 1.29 is 8.42 Å². The largest absolute Gasteiger partial charge is 0.328 e. The molecule has 88 valence electrons. The van der Waals surface area contributed by atoms with E-state index in [1.807, 2.05) is 0 Å². The first kappa shape index (κ1) is 11.3. The summed E-state index contributed by atoms with van der Waals surface area (Å²) >= 11 is 0. The molecule has 0 aromatic carbocycles. The molecule has 5 nitrogen and oxygen atoms in total. The van der Waals surface area contributed by atoms with Gasteiger partial charge in [-0.3, -0.25) is 0 Å². The maximum atomic E-state index is 11.5. The van der Waals surface area contributed by atoms with Crippen LogP contribution in [0.4, 0.5) is 0 Å². The lowest BCUT2D eigenvalue weighted by Crippen LogP contribution is -2.40. The van der Waals surface area contributed by atoms with Crippen LogP contribution in [0.25, 0.3) is 0 Å². The van der Waals surface area contributed by atoms with Crippen LogP contribution in [0.5, 0.6) is 0 Å². The SMILES string of the molecule is NC1CCC(CNS(=O)(=O)NC2CC2)C1. The van der Waals surface area contributed by atoms with Crippen molar-refractivity contribution in [2.45, 2.75) is 44.2 Å². The third kappa shape index (κ3) is 3.71. The first-order chi connectivity index (χ1) is 7.05. The van der Waals surface area contributed by atoms with Gasteiger partial charge in [0.1, 0.15) is 0 Å². The Bertz CT molecular complexity index is 313. The fourth-order valence-electron chi connectivity index (χ4n) is 1.99. The standard InChI is InChI=1S/C9H19N3O2S/c10-8-2-1-7(5-8)6-11-15(13,14)12-9-3-4-9/h7-9,11-12H,1-6,10H2. The van der Waals surface area contributed by atoms with Gasteiger partial charge in [0.05, 0.1) is 0 Å². The summed E-state index contributed by atoms with van der Waals surface area (Å²) in [5.41, 5.74) is 5.76. The highest BCUT2D eigenvalue weighted by Crippen LogP contribution is 2.23. The van der Waals surface area contributed by atoms with E-state index in [9.17, 15) is 8.42 Å². The van der Waals surface area contributed by atoms with Crippen molar-refractivity contribution in [1.82, 2.24) is 9.44 Å². The van der Waals surface area contributed by atoms with Crippen molar-refractivity contribution in [1.29, 1.82) is 0 Å². The molecule has 2 aliphatic carbocycles. The van der Waals surface area contributed by atoms with Crippen LogP contribution in [0.2, 0.25) is 0 Å². The average Bonchev–Trinajstić information content (AvgIpc) is 2.83. The van der Waals surface area contributed by atoms with Gasteiger partial charge in [-0.1, -0.05) is 0 Å². The zero-order valence-corrected chi connectivity index (χ0v) is 9.59. The van der Waals surface area contributed by atoms with Crippen LogP contribution in [0.3, 0.4) is 0 Å². The fourth-order valence-corrected chi connectivity index (χ4v) is 3.20. The van der Waals surface area contributed by atoms with Gasteiger partial charge in [0.25, 0.3) is 10.2 Å². The molecular weight excluding hydrogens is 214 g/mol. The fraction of sp³-hybridized carbons (Fsp3) is 1.00. The van der Waals surface area contributed by atoms with E-state index in [1.54, 1.807) is 0 Å². The number of hydrogen-bond acceptors (Lipinski definition) is 3. The molecule has 0 bridgehead atoms. The van der Waals surface area contributed by atoms with Crippen molar-refractivity contribution in [3.05, 3.63) is 0 Å². The molecule has 2 unspecified atom stereocenters. The molecule has 0 heterocycles. The van der Waals surface area contributed by atoms with Crippen LogP contribution in [-0.4, -0.2) is 27.0 Å². The Balaban J connectivity index is 1.72. The summed E-state index contributed by atoms with van der Waals surface area (Å²) in [6.07, 6.45) is 4.92. The molecule has 2 rings (SSSR count). The lowest BCUT2D eigenvalue weighted by molar-refractivity contribution is 0.507. The number of rotatable bonds is 5. The van der Waals surface area contributed by atoms with Gasteiger partial charge >= 0.3 is 0 Å². The molecule has 0 aromatic heterocycles. The normalized spacial score (nSPS) is 32.1. The molecule has 0 spiro atoms. The number of nitrogens with one attached hydrogen (secondary N) is 2. The molecule has 2 aliphatic rings. The Hall–Kier alpha value is -0.170. The molecule has 6 heteroatoms. The molecule has 4 N–H and O–H groups in total. The van der Waals surface area contributed by atoms with Crippen LogP contribution >= 0.6 is 0 Å². The second-order valence-electron chi connectivity index (χ2n) is 4.68. The molecule has 0 saturated heterocycles. The van der Waals surface area contributed by atoms with Crippen molar-refractivity contribution in [2.24, 2.45) is 11.7 Å². The highest BCUT2D eigenvalue weighted by molar-refractivity contribution is 7.87. The summed E-state index contributed by atoms with van der Waals surface area (Å²) in [7, 11) is -3.26. The van der Waals surface area contributed by atoms with E-state index in [4.69, 9.17) is 5.73 Å². The molecule has 2 fully saturated rings. The van der Waals surface area contributed by atoms with Crippen LogP contribution < -0.4 is 15.2 Å². The topological polar surface area (TPSA) is 84.2 Å². The van der Waals surface area contributed by atoms with E-state index in [0.717, 1.165) is 32.1 Å². The smallest absolute Gasteiger partial charge is 0.277 e. The highest BCUT2D eigenvalue weighted by atomic mass is 32.2. The average molecular weight is 233 g/mol. The Morgan fingerprint density at radius 2 is 1.93 bits per heavy atom. The number of hydrogen-bond donors (Lipinski definition) is 3. The van der Waals surface area contributed by atoms with Crippen molar-refractivity contribution >= 4 is 10.2 Å². The van der Waals surface area contributed by atoms with Crippen LogP contribution in [0, 0.1) is 5.92 Å². The van der Waals surface area contributed by atoms with Gasteiger partial charge in [0.15, 0.2) is 0 Å². The minimum atomic E-state index is -3.26. The molecule has 0 aliphatic heterocycles. The second-order valence-corrected chi connectivity index (χ2v) is 6.21. The summed E-state index contributed by atoms with van der Waals surface area (Å²) in [5, 5.41) is 0. The maximum Gasteiger partial charge on any atom is 0.277 e. The van der Waals surface area contributed by atoms with E-state index in [0.29, 0.717) is 12.5 Å². The molecular formula is C9H19N3O2S. The minimum absolute atomic E-state index is 0.174. The van der Waals surface area contributed by atoms with Crippen molar-refractivity contribution in [2.75, 3.05) is 6.54 Å². The van der Waals surface area contributed by atoms with Crippen molar-refractivity contribution in [3.63, 3.8) is 0 Å². The minimum Gasteiger partial charge on any atom is -0.328 e. The Labute approximate surface area is 91.0 Å². The van der Waals surface area contributed by atoms with E-state index in [-0.39, 0.29) is 12.1 Å². The van der Waals surface area contributed by atoms with Gasteiger partial charge in [-0.15, -0.1) is 0 Å². The van der Waals surface area contributed by atoms with Gasteiger partial charge in [-0.25, -0.2) is 4.72 Å². The Morgan fingerprint density at radius 1 is 1.20 bits per heavy atom. The summed E-state index contributed by atoms with van der Waals surface area (Å²) < 4.78 is 28.1. The molecule has 15 heavy (non-hydrogen) atoms. The van der Waals surface area contributed by atoms with Gasteiger partial charge in [-0.2, -0.15) is 13.1 Å². The summed E-state index contributed by atoms with van der Waals surface area (Å²) in [6.45, 7) is 0.524. The predicted octanol–water partition coefficient (Wildman–Crippen LogP) is -0.300. The van der Waals surface area contributed by atoms with E-state index >= 15 is 0 Å². The van der Waals surface area contributed by atoms with Gasteiger partial charge in [0, 0.05) is 18.6 Å². The predicted molar refractivity (Wildman–Crippen MR) is 58.4 cm³/mol. The zero-order chi connectivity index (χ0) is 10.9. The van der Waals surface area contributed by atoms with Crippen LogP contribution in [-0.2, 0) is 10.2 Å². The summed E-state index contributed by atoms with van der Waals surface area (Å²) in [5.74, 6) is 0.413. The highest BCUT2D eigenvalue weighted by Gasteiger charge is 2.28. The van der Waals surface area contributed by atoms with Gasteiger partial charge in [-0.05, 0) is 38.0 Å². The zero-order valence-electron chi connectivity index (χ0n) is 8.78. The van der Waals surface area contributed by atoms with Gasteiger partial charge < -0.3 is 5.73 Å². The Morgan fingerprint density at radius 3 is 2.47 bits per heavy atom. The lowest BCUT2D eigenvalue weighted by Gasteiger charge is -2.11. The summed E-state index contributed by atoms with van der Waals surface area (Å²) in [4.78, 5) is 0. The molecule has 0 amide bonds. The van der Waals surface area contributed by atoms with Crippen LogP contribution in [0.1, 0.15) is 32.1 Å². The van der Waals surface area contributed by atoms with E-state index < -0.39 is 10.2 Å². The molecule has 0 aromatic rings.